The van der Waals surface area contributed by atoms with Crippen LogP contribution in [0.4, 0.5) is 0 Å². The van der Waals surface area contributed by atoms with Gasteiger partial charge in [-0.05, 0) is 61.8 Å². The molecule has 2 fully saturated rings. The van der Waals surface area contributed by atoms with Crippen LogP contribution in [-0.2, 0) is 32.2 Å². The molecule has 200 valence electrons. The smallest absolute Gasteiger partial charge is 0.306 e. The quantitative estimate of drug-likeness (QED) is 0.276. The highest BCUT2D eigenvalue weighted by Crippen LogP contribution is 2.42. The predicted octanol–water partition coefficient (Wildman–Crippen LogP) is 5.57. The van der Waals surface area contributed by atoms with Gasteiger partial charge < -0.3 is 14.2 Å². The van der Waals surface area contributed by atoms with Crippen molar-refractivity contribution in [3.05, 3.63) is 65.7 Å². The van der Waals surface area contributed by atoms with Gasteiger partial charge in [0.2, 0.25) is 0 Å². The Morgan fingerprint density at radius 3 is 2.54 bits per heavy atom. The van der Waals surface area contributed by atoms with Gasteiger partial charge in [-0.25, -0.2) is 0 Å². The maximum atomic E-state index is 13.5. The van der Waals surface area contributed by atoms with Crippen molar-refractivity contribution in [3.63, 3.8) is 0 Å². The van der Waals surface area contributed by atoms with Crippen LogP contribution in [0, 0.1) is 11.8 Å². The lowest BCUT2D eigenvalue weighted by Gasteiger charge is -2.50. The van der Waals surface area contributed by atoms with E-state index in [1.54, 1.807) is 7.11 Å². The van der Waals surface area contributed by atoms with E-state index in [0.29, 0.717) is 38.4 Å². The molecular weight excluding hydrogens is 466 g/mol. The molecule has 0 bridgehead atoms. The first kappa shape index (κ1) is 27.3. The number of carbonyl (C=O) groups excluding carboxylic acids is 2. The number of carbonyl (C=O) groups is 2. The summed E-state index contributed by atoms with van der Waals surface area (Å²) in [6.07, 6.45) is 5.65. The van der Waals surface area contributed by atoms with Crippen molar-refractivity contribution in [1.82, 2.24) is 4.90 Å². The van der Waals surface area contributed by atoms with E-state index >= 15 is 0 Å². The van der Waals surface area contributed by atoms with Crippen molar-refractivity contribution >= 4 is 11.8 Å². The standard InChI is InChI=1S/C31H41NO5/c1-3-37-30(34)19-25-11-7-13-28-31(25)29(33)20-26(12-8-18-36-22-24-9-5-4-6-10-24)32(28)21-23-14-16-27(35-2)17-15-23/h4-6,9-10,14-17,25-26,28,31H,3,7-8,11-13,18-22H2,1-2H3/t25-,26+,28+,31-/m1/s1. The zero-order chi connectivity index (χ0) is 26.0. The third kappa shape index (κ3) is 7.42. The van der Waals surface area contributed by atoms with Crippen molar-refractivity contribution in [2.24, 2.45) is 11.8 Å². The van der Waals surface area contributed by atoms with Crippen LogP contribution in [0.1, 0.15) is 63.0 Å². The van der Waals surface area contributed by atoms with Gasteiger partial charge in [-0.1, -0.05) is 48.9 Å². The molecule has 1 aliphatic heterocycles. The first-order valence-electron chi connectivity index (χ1n) is 13.8. The number of fused-ring (bicyclic) bond motifs is 1. The van der Waals surface area contributed by atoms with Crippen LogP contribution in [0.2, 0.25) is 0 Å². The average Bonchev–Trinajstić information content (AvgIpc) is 2.91. The van der Waals surface area contributed by atoms with Crippen LogP contribution in [0.15, 0.2) is 54.6 Å². The number of ketones is 1. The highest BCUT2D eigenvalue weighted by molar-refractivity contribution is 5.84. The molecular formula is C31H41NO5. The summed E-state index contributed by atoms with van der Waals surface area (Å²) in [5, 5.41) is 0. The second kappa shape index (κ2) is 13.7. The van der Waals surface area contributed by atoms with Gasteiger partial charge in [0.05, 0.1) is 20.3 Å². The highest BCUT2D eigenvalue weighted by Gasteiger charge is 2.47. The average molecular weight is 508 g/mol. The normalized spacial score (nSPS) is 23.9. The second-order valence-electron chi connectivity index (χ2n) is 10.3. The van der Waals surface area contributed by atoms with Gasteiger partial charge in [-0.15, -0.1) is 0 Å². The minimum absolute atomic E-state index is 0.0684. The molecule has 0 aromatic heterocycles. The zero-order valence-corrected chi connectivity index (χ0v) is 22.3. The lowest BCUT2D eigenvalue weighted by molar-refractivity contribution is -0.148. The fourth-order valence-electron chi connectivity index (χ4n) is 6.17. The number of piperidine rings is 1. The van der Waals surface area contributed by atoms with Gasteiger partial charge in [0, 0.05) is 44.0 Å². The Morgan fingerprint density at radius 1 is 1.03 bits per heavy atom. The number of ether oxygens (including phenoxy) is 3. The minimum Gasteiger partial charge on any atom is -0.497 e. The van der Waals surface area contributed by atoms with E-state index in [-0.39, 0.29) is 29.9 Å². The highest BCUT2D eigenvalue weighted by atomic mass is 16.5. The van der Waals surface area contributed by atoms with Gasteiger partial charge in [-0.2, -0.15) is 0 Å². The molecule has 6 heteroatoms. The van der Waals surface area contributed by atoms with E-state index in [2.05, 4.69) is 29.2 Å². The summed E-state index contributed by atoms with van der Waals surface area (Å²) in [4.78, 5) is 28.4. The van der Waals surface area contributed by atoms with Crippen LogP contribution in [-0.4, -0.2) is 49.1 Å². The lowest BCUT2D eigenvalue weighted by atomic mass is 9.67. The monoisotopic (exact) mass is 507 g/mol. The Hall–Kier alpha value is -2.70. The number of likely N-dealkylation sites (tertiary alicyclic amines) is 1. The lowest BCUT2D eigenvalue weighted by Crippen LogP contribution is -2.57. The van der Waals surface area contributed by atoms with Gasteiger partial charge in [0.15, 0.2) is 0 Å². The fraction of sp³-hybridized carbons (Fsp3) is 0.548. The molecule has 2 aromatic carbocycles. The van der Waals surface area contributed by atoms with E-state index in [4.69, 9.17) is 14.2 Å². The Labute approximate surface area is 221 Å². The molecule has 1 aliphatic carbocycles. The number of esters is 1. The molecule has 2 aromatic rings. The Bertz CT molecular complexity index is 992. The molecule has 37 heavy (non-hydrogen) atoms. The van der Waals surface area contributed by atoms with Crippen LogP contribution < -0.4 is 4.74 Å². The summed E-state index contributed by atoms with van der Waals surface area (Å²) in [5.74, 6) is 0.955. The van der Waals surface area contributed by atoms with Gasteiger partial charge in [0.1, 0.15) is 11.5 Å². The summed E-state index contributed by atoms with van der Waals surface area (Å²) < 4.78 is 16.5. The van der Waals surface area contributed by atoms with E-state index in [1.165, 1.54) is 11.1 Å². The number of benzene rings is 2. The second-order valence-corrected chi connectivity index (χ2v) is 10.3. The van der Waals surface area contributed by atoms with Gasteiger partial charge in [-0.3, -0.25) is 14.5 Å². The number of methoxy groups -OCH3 is 1. The Morgan fingerprint density at radius 2 is 1.81 bits per heavy atom. The van der Waals surface area contributed by atoms with Crippen LogP contribution in [0.3, 0.4) is 0 Å². The first-order valence-corrected chi connectivity index (χ1v) is 13.8. The zero-order valence-electron chi connectivity index (χ0n) is 22.3. The number of hydrogen-bond donors (Lipinski definition) is 0. The largest absolute Gasteiger partial charge is 0.497 e. The van der Waals surface area contributed by atoms with E-state index in [1.807, 2.05) is 37.3 Å². The summed E-state index contributed by atoms with van der Waals surface area (Å²) in [7, 11) is 1.68. The summed E-state index contributed by atoms with van der Waals surface area (Å²) in [6, 6.07) is 18.8. The molecule has 0 N–H and O–H groups in total. The number of rotatable bonds is 12. The van der Waals surface area contributed by atoms with Crippen LogP contribution in [0.25, 0.3) is 0 Å². The molecule has 1 saturated heterocycles. The number of Topliss-reactive ketones (excluding diaryl/α,β-unsaturated/α-hetero) is 1. The maximum Gasteiger partial charge on any atom is 0.306 e. The van der Waals surface area contributed by atoms with E-state index in [0.717, 1.165) is 44.4 Å². The molecule has 0 amide bonds. The Balaban J connectivity index is 1.44. The topological polar surface area (TPSA) is 65.1 Å². The van der Waals surface area contributed by atoms with Crippen molar-refractivity contribution in [2.45, 2.75) is 77.1 Å². The van der Waals surface area contributed by atoms with Crippen LogP contribution >= 0.6 is 0 Å². The fourth-order valence-corrected chi connectivity index (χ4v) is 6.17. The summed E-state index contributed by atoms with van der Waals surface area (Å²) in [5.41, 5.74) is 2.39. The van der Waals surface area contributed by atoms with E-state index in [9.17, 15) is 9.59 Å². The molecule has 0 spiro atoms. The predicted molar refractivity (Wildman–Crippen MR) is 143 cm³/mol. The number of nitrogens with zero attached hydrogens (tertiary/aromatic N) is 1. The first-order chi connectivity index (χ1) is 18.1. The van der Waals surface area contributed by atoms with Crippen LogP contribution in [0.5, 0.6) is 5.75 Å². The van der Waals surface area contributed by atoms with Crippen molar-refractivity contribution < 1.29 is 23.8 Å². The van der Waals surface area contributed by atoms with Crippen molar-refractivity contribution in [3.8, 4) is 5.75 Å². The van der Waals surface area contributed by atoms with Crippen molar-refractivity contribution in [2.75, 3.05) is 20.3 Å². The third-order valence-corrected chi connectivity index (χ3v) is 7.90. The molecule has 4 rings (SSSR count). The summed E-state index contributed by atoms with van der Waals surface area (Å²) in [6.45, 7) is 4.29. The van der Waals surface area contributed by atoms with E-state index < -0.39 is 0 Å². The summed E-state index contributed by atoms with van der Waals surface area (Å²) >= 11 is 0. The van der Waals surface area contributed by atoms with Gasteiger partial charge >= 0.3 is 5.97 Å². The minimum atomic E-state index is -0.180. The molecule has 0 radical (unpaired) electrons. The molecule has 1 saturated carbocycles. The van der Waals surface area contributed by atoms with Crippen molar-refractivity contribution in [1.29, 1.82) is 0 Å². The molecule has 0 unspecified atom stereocenters. The third-order valence-electron chi connectivity index (χ3n) is 7.90. The molecule has 6 nitrogen and oxygen atoms in total. The van der Waals surface area contributed by atoms with Gasteiger partial charge in [0.25, 0.3) is 0 Å². The SMILES string of the molecule is CCOC(=O)C[C@H]1CCC[C@H]2[C@@H]1C(=O)C[C@H](CCCOCc1ccccc1)N2Cc1ccc(OC)cc1. The Kier molecular flexibility index (Phi) is 10.1. The molecule has 1 heterocycles. The maximum absolute atomic E-state index is 13.5. The molecule has 4 atom stereocenters. The molecule has 2 aliphatic rings. The number of hydrogen-bond acceptors (Lipinski definition) is 6.